The molecule has 1 saturated heterocycles. The SMILES string of the molecule is COc1ccc(C2(CC[n+]3ccc(C)cc3)OCCO2)cc1. The third-order valence-electron chi connectivity index (χ3n) is 4.04. The van der Waals surface area contributed by atoms with Crippen molar-refractivity contribution in [1.29, 1.82) is 0 Å². The van der Waals surface area contributed by atoms with E-state index in [0.29, 0.717) is 13.2 Å². The van der Waals surface area contributed by atoms with E-state index in [1.807, 2.05) is 24.3 Å². The maximum atomic E-state index is 5.97. The summed E-state index contributed by atoms with van der Waals surface area (Å²) in [7, 11) is 1.67. The first kappa shape index (κ1) is 15.0. The standard InChI is InChI=1S/C18H22NO3/c1-15-7-10-19(11-8-15)12-9-18(21-13-14-22-18)16-3-5-17(20-2)6-4-16/h3-8,10-11H,9,12-14H2,1-2H3/q+1. The number of aromatic nitrogens is 1. The average molecular weight is 300 g/mol. The summed E-state index contributed by atoms with van der Waals surface area (Å²) in [6, 6.07) is 12.1. The van der Waals surface area contributed by atoms with E-state index in [1.54, 1.807) is 7.11 Å². The van der Waals surface area contributed by atoms with Gasteiger partial charge in [-0.15, -0.1) is 0 Å². The van der Waals surface area contributed by atoms with Crippen LogP contribution in [0.25, 0.3) is 0 Å². The molecule has 1 aromatic carbocycles. The van der Waals surface area contributed by atoms with Gasteiger partial charge in [0, 0.05) is 17.7 Å². The van der Waals surface area contributed by atoms with Crippen molar-refractivity contribution in [3.05, 3.63) is 59.9 Å². The van der Waals surface area contributed by atoms with Gasteiger partial charge in [-0.05, 0) is 36.8 Å². The fourth-order valence-electron chi connectivity index (χ4n) is 2.71. The minimum absolute atomic E-state index is 0.630. The molecule has 0 aliphatic carbocycles. The predicted molar refractivity (Wildman–Crippen MR) is 82.6 cm³/mol. The molecular formula is C18H22NO3+. The maximum Gasteiger partial charge on any atom is 0.201 e. The lowest BCUT2D eigenvalue weighted by atomic mass is 10.0. The molecule has 0 spiro atoms. The van der Waals surface area contributed by atoms with Crippen LogP contribution in [-0.4, -0.2) is 20.3 Å². The Hall–Kier alpha value is -1.91. The van der Waals surface area contributed by atoms with E-state index in [2.05, 4.69) is 36.0 Å². The summed E-state index contributed by atoms with van der Waals surface area (Å²) >= 11 is 0. The van der Waals surface area contributed by atoms with E-state index in [4.69, 9.17) is 14.2 Å². The highest BCUT2D eigenvalue weighted by Gasteiger charge is 2.39. The first-order chi connectivity index (χ1) is 10.7. The highest BCUT2D eigenvalue weighted by Crippen LogP contribution is 2.35. The van der Waals surface area contributed by atoms with Crippen LogP contribution in [0.2, 0.25) is 0 Å². The fourth-order valence-corrected chi connectivity index (χ4v) is 2.71. The Balaban J connectivity index is 1.77. The van der Waals surface area contributed by atoms with E-state index in [1.165, 1.54) is 5.56 Å². The first-order valence-corrected chi connectivity index (χ1v) is 7.60. The lowest BCUT2D eigenvalue weighted by Gasteiger charge is -2.26. The number of methoxy groups -OCH3 is 1. The van der Waals surface area contributed by atoms with E-state index in [0.717, 1.165) is 24.3 Å². The summed E-state index contributed by atoms with van der Waals surface area (Å²) in [5.74, 6) is 0.189. The lowest BCUT2D eigenvalue weighted by molar-refractivity contribution is -0.700. The number of pyridine rings is 1. The summed E-state index contributed by atoms with van der Waals surface area (Å²) in [4.78, 5) is 0. The number of rotatable bonds is 5. The molecule has 0 atom stereocenters. The molecule has 0 bridgehead atoms. The molecule has 0 N–H and O–H groups in total. The molecule has 4 heteroatoms. The van der Waals surface area contributed by atoms with Crippen LogP contribution in [0.15, 0.2) is 48.8 Å². The van der Waals surface area contributed by atoms with E-state index in [9.17, 15) is 0 Å². The average Bonchev–Trinajstić information content (AvgIpc) is 3.05. The largest absolute Gasteiger partial charge is 0.497 e. The minimum Gasteiger partial charge on any atom is -0.497 e. The number of hydrogen-bond donors (Lipinski definition) is 0. The molecule has 3 rings (SSSR count). The summed E-state index contributed by atoms with van der Waals surface area (Å²) in [6.45, 7) is 4.19. The molecule has 4 nitrogen and oxygen atoms in total. The molecule has 0 saturated carbocycles. The lowest BCUT2D eigenvalue weighted by Crippen LogP contribution is -2.38. The Kier molecular flexibility index (Phi) is 4.41. The van der Waals surface area contributed by atoms with Crippen LogP contribution in [0.3, 0.4) is 0 Å². The third kappa shape index (κ3) is 3.13. The van der Waals surface area contributed by atoms with Crippen LogP contribution in [0.4, 0.5) is 0 Å². The number of ether oxygens (including phenoxy) is 3. The number of nitrogens with zero attached hydrogens (tertiary/aromatic N) is 1. The van der Waals surface area contributed by atoms with Crippen molar-refractivity contribution in [2.75, 3.05) is 20.3 Å². The molecule has 116 valence electrons. The molecule has 1 fully saturated rings. The van der Waals surface area contributed by atoms with Gasteiger partial charge in [0.15, 0.2) is 18.9 Å². The number of benzene rings is 1. The van der Waals surface area contributed by atoms with Gasteiger partial charge in [0.25, 0.3) is 0 Å². The van der Waals surface area contributed by atoms with Gasteiger partial charge in [-0.3, -0.25) is 0 Å². The highest BCUT2D eigenvalue weighted by molar-refractivity contribution is 5.30. The molecule has 0 amide bonds. The van der Waals surface area contributed by atoms with Gasteiger partial charge in [0.1, 0.15) is 5.75 Å². The number of hydrogen-bond acceptors (Lipinski definition) is 3. The summed E-state index contributed by atoms with van der Waals surface area (Å²) in [6.07, 6.45) is 4.95. The van der Waals surface area contributed by atoms with Crippen molar-refractivity contribution in [2.24, 2.45) is 0 Å². The maximum absolute atomic E-state index is 5.97. The number of aryl methyl sites for hydroxylation is 2. The van der Waals surface area contributed by atoms with Gasteiger partial charge in [-0.2, -0.15) is 0 Å². The molecule has 0 radical (unpaired) electrons. The smallest absolute Gasteiger partial charge is 0.201 e. The zero-order chi connectivity index (χ0) is 15.4. The summed E-state index contributed by atoms with van der Waals surface area (Å²) in [5, 5.41) is 0. The molecular weight excluding hydrogens is 278 g/mol. The minimum atomic E-state index is -0.649. The normalized spacial score (nSPS) is 16.6. The van der Waals surface area contributed by atoms with Gasteiger partial charge >= 0.3 is 0 Å². The molecule has 0 unspecified atom stereocenters. The van der Waals surface area contributed by atoms with Crippen LogP contribution in [0.5, 0.6) is 5.75 Å². The first-order valence-electron chi connectivity index (χ1n) is 7.60. The Morgan fingerprint density at radius 2 is 1.68 bits per heavy atom. The second kappa shape index (κ2) is 6.46. The fraction of sp³-hybridized carbons (Fsp3) is 0.389. The zero-order valence-corrected chi connectivity index (χ0v) is 13.1. The topological polar surface area (TPSA) is 31.6 Å². The second-order valence-corrected chi connectivity index (χ2v) is 5.54. The van der Waals surface area contributed by atoms with Crippen molar-refractivity contribution in [3.63, 3.8) is 0 Å². The monoisotopic (exact) mass is 300 g/mol. The molecule has 2 aromatic rings. The predicted octanol–water partition coefficient (Wildman–Crippen LogP) is 2.58. The van der Waals surface area contributed by atoms with Crippen LogP contribution < -0.4 is 9.30 Å². The van der Waals surface area contributed by atoms with Crippen LogP contribution in [-0.2, 0) is 21.8 Å². The Bertz CT molecular complexity index is 601. The molecule has 1 aliphatic rings. The molecule has 22 heavy (non-hydrogen) atoms. The van der Waals surface area contributed by atoms with Gasteiger partial charge in [0.2, 0.25) is 5.79 Å². The quantitative estimate of drug-likeness (QED) is 0.795. The van der Waals surface area contributed by atoms with Crippen LogP contribution in [0.1, 0.15) is 17.5 Å². The van der Waals surface area contributed by atoms with Crippen molar-refractivity contribution >= 4 is 0 Å². The van der Waals surface area contributed by atoms with Gasteiger partial charge < -0.3 is 14.2 Å². The molecule has 1 aliphatic heterocycles. The van der Waals surface area contributed by atoms with E-state index < -0.39 is 5.79 Å². The second-order valence-electron chi connectivity index (χ2n) is 5.54. The summed E-state index contributed by atoms with van der Waals surface area (Å²) in [5.41, 5.74) is 2.30. The zero-order valence-electron chi connectivity index (χ0n) is 13.1. The van der Waals surface area contributed by atoms with Crippen LogP contribution >= 0.6 is 0 Å². The van der Waals surface area contributed by atoms with Crippen LogP contribution in [0, 0.1) is 6.92 Å². The Morgan fingerprint density at radius 3 is 2.27 bits per heavy atom. The molecule has 2 heterocycles. The Labute approximate surface area is 131 Å². The van der Waals surface area contributed by atoms with Crippen molar-refractivity contribution < 1.29 is 18.8 Å². The van der Waals surface area contributed by atoms with Crippen molar-refractivity contribution in [2.45, 2.75) is 25.7 Å². The van der Waals surface area contributed by atoms with Gasteiger partial charge in [0.05, 0.1) is 26.7 Å². The van der Waals surface area contributed by atoms with E-state index in [-0.39, 0.29) is 0 Å². The summed E-state index contributed by atoms with van der Waals surface area (Å²) < 4.78 is 19.3. The molecule has 1 aromatic heterocycles. The van der Waals surface area contributed by atoms with Crippen molar-refractivity contribution in [3.8, 4) is 5.75 Å². The van der Waals surface area contributed by atoms with E-state index >= 15 is 0 Å². The van der Waals surface area contributed by atoms with Crippen molar-refractivity contribution in [1.82, 2.24) is 0 Å². The Morgan fingerprint density at radius 1 is 1.05 bits per heavy atom. The van der Waals surface area contributed by atoms with Gasteiger partial charge in [-0.1, -0.05) is 0 Å². The highest BCUT2D eigenvalue weighted by atomic mass is 16.7. The van der Waals surface area contributed by atoms with Gasteiger partial charge in [-0.25, -0.2) is 4.57 Å². The third-order valence-corrected chi connectivity index (χ3v) is 4.04.